The van der Waals surface area contributed by atoms with Crippen LogP contribution in [0.2, 0.25) is 0 Å². The SMILES string of the molecule is CNC(=O)c1c(NC)sc(C(N)=O)[n+]1[O-]. The van der Waals surface area contributed by atoms with E-state index in [0.717, 1.165) is 11.3 Å². The summed E-state index contributed by atoms with van der Waals surface area (Å²) in [7, 11) is 2.94. The summed E-state index contributed by atoms with van der Waals surface area (Å²) in [5.74, 6) is -1.43. The molecule has 0 aromatic carbocycles. The second kappa shape index (κ2) is 4.13. The molecule has 0 radical (unpaired) electrons. The van der Waals surface area contributed by atoms with Crippen molar-refractivity contribution in [1.29, 1.82) is 0 Å². The van der Waals surface area contributed by atoms with E-state index in [1.165, 1.54) is 7.05 Å². The van der Waals surface area contributed by atoms with Crippen molar-refractivity contribution in [3.63, 3.8) is 0 Å². The maximum absolute atomic E-state index is 11.5. The molecule has 7 nitrogen and oxygen atoms in total. The van der Waals surface area contributed by atoms with E-state index in [1.807, 2.05) is 0 Å². The molecule has 4 N–H and O–H groups in total. The minimum Gasteiger partial charge on any atom is -0.617 e. The third-order valence-corrected chi connectivity index (χ3v) is 2.84. The van der Waals surface area contributed by atoms with Crippen LogP contribution in [0.3, 0.4) is 0 Å². The third-order valence-electron chi connectivity index (χ3n) is 1.68. The van der Waals surface area contributed by atoms with E-state index in [4.69, 9.17) is 5.73 Å². The first-order valence-corrected chi connectivity index (χ1v) is 4.80. The molecule has 0 atom stereocenters. The van der Waals surface area contributed by atoms with Crippen LogP contribution in [0.5, 0.6) is 0 Å². The van der Waals surface area contributed by atoms with Crippen molar-refractivity contribution in [2.45, 2.75) is 0 Å². The monoisotopic (exact) mass is 230 g/mol. The van der Waals surface area contributed by atoms with Gasteiger partial charge in [-0.05, 0) is 11.3 Å². The van der Waals surface area contributed by atoms with Crippen molar-refractivity contribution in [1.82, 2.24) is 5.32 Å². The Bertz CT molecular complexity index is 415. The molecule has 1 aromatic rings. The largest absolute Gasteiger partial charge is 0.617 e. The minimum absolute atomic E-state index is 0.154. The summed E-state index contributed by atoms with van der Waals surface area (Å²) in [4.78, 5) is 22.2. The predicted octanol–water partition coefficient (Wildman–Crippen LogP) is -1.12. The number of nitrogens with one attached hydrogen (secondary N) is 2. The van der Waals surface area contributed by atoms with Crippen molar-refractivity contribution >= 4 is 28.2 Å². The lowest BCUT2D eigenvalue weighted by Crippen LogP contribution is -2.41. The second-order valence-electron chi connectivity index (χ2n) is 2.57. The number of nitrogens with zero attached hydrogens (tertiary/aromatic N) is 1. The van der Waals surface area contributed by atoms with E-state index in [2.05, 4.69) is 10.6 Å². The van der Waals surface area contributed by atoms with Crippen LogP contribution >= 0.6 is 11.3 Å². The van der Waals surface area contributed by atoms with Crippen molar-refractivity contribution in [2.24, 2.45) is 5.73 Å². The summed E-state index contributed by atoms with van der Waals surface area (Å²) < 4.78 is 0.234. The number of amides is 2. The summed E-state index contributed by atoms with van der Waals surface area (Å²) in [6.45, 7) is 0. The van der Waals surface area contributed by atoms with E-state index in [1.54, 1.807) is 7.05 Å². The molecule has 0 unspecified atom stereocenters. The van der Waals surface area contributed by atoms with Crippen molar-refractivity contribution < 1.29 is 14.3 Å². The molecule has 1 rings (SSSR count). The Morgan fingerprint density at radius 2 is 2.07 bits per heavy atom. The number of primary amides is 1. The lowest BCUT2D eigenvalue weighted by molar-refractivity contribution is -0.603. The Kier molecular flexibility index (Phi) is 3.10. The Morgan fingerprint density at radius 1 is 1.47 bits per heavy atom. The molecule has 2 amide bonds. The van der Waals surface area contributed by atoms with Crippen LogP contribution in [-0.4, -0.2) is 25.9 Å². The van der Waals surface area contributed by atoms with Crippen LogP contribution < -0.4 is 21.1 Å². The summed E-state index contributed by atoms with van der Waals surface area (Å²) in [6, 6.07) is 0. The zero-order valence-electron chi connectivity index (χ0n) is 8.16. The topological polar surface area (TPSA) is 111 Å². The van der Waals surface area contributed by atoms with Gasteiger partial charge in [0.2, 0.25) is 0 Å². The smallest absolute Gasteiger partial charge is 0.341 e. The number of hydrogen-bond donors (Lipinski definition) is 3. The van der Waals surface area contributed by atoms with Gasteiger partial charge >= 0.3 is 22.5 Å². The number of carbonyl (C=O) groups is 2. The molecule has 82 valence electrons. The van der Waals surface area contributed by atoms with Gasteiger partial charge in [0.25, 0.3) is 0 Å². The number of anilines is 1. The van der Waals surface area contributed by atoms with Gasteiger partial charge in [-0.25, -0.2) is 0 Å². The van der Waals surface area contributed by atoms with Crippen LogP contribution in [0.1, 0.15) is 20.3 Å². The molecule has 15 heavy (non-hydrogen) atoms. The number of rotatable bonds is 3. The van der Waals surface area contributed by atoms with Gasteiger partial charge in [0, 0.05) is 14.1 Å². The lowest BCUT2D eigenvalue weighted by Gasteiger charge is -2.00. The highest BCUT2D eigenvalue weighted by molar-refractivity contribution is 7.17. The number of thiazole rings is 1. The van der Waals surface area contributed by atoms with Crippen LogP contribution in [0.4, 0.5) is 5.00 Å². The highest BCUT2D eigenvalue weighted by atomic mass is 32.1. The Labute approximate surface area is 89.5 Å². The maximum atomic E-state index is 11.5. The van der Waals surface area contributed by atoms with E-state index < -0.39 is 11.8 Å². The number of carbonyl (C=O) groups excluding carboxylic acids is 2. The first kappa shape index (κ1) is 11.2. The first-order chi connectivity index (χ1) is 7.02. The average Bonchev–Trinajstić information content (AvgIpc) is 2.54. The van der Waals surface area contributed by atoms with Crippen LogP contribution in [0.25, 0.3) is 0 Å². The summed E-state index contributed by atoms with van der Waals surface area (Å²) >= 11 is 0.842. The van der Waals surface area contributed by atoms with E-state index in [-0.39, 0.29) is 15.4 Å². The molecule has 0 aliphatic rings. The molecule has 0 saturated heterocycles. The van der Waals surface area contributed by atoms with Gasteiger partial charge in [0.1, 0.15) is 0 Å². The zero-order valence-corrected chi connectivity index (χ0v) is 8.97. The van der Waals surface area contributed by atoms with Gasteiger partial charge in [0.05, 0.1) is 0 Å². The maximum Gasteiger partial charge on any atom is 0.341 e. The fourth-order valence-electron chi connectivity index (χ4n) is 1.01. The van der Waals surface area contributed by atoms with Gasteiger partial charge in [-0.15, -0.1) is 4.73 Å². The predicted molar refractivity (Wildman–Crippen MR) is 54.7 cm³/mol. The quantitative estimate of drug-likeness (QED) is 0.451. The molecular weight excluding hydrogens is 220 g/mol. The fourth-order valence-corrected chi connectivity index (χ4v) is 1.86. The average molecular weight is 230 g/mol. The summed E-state index contributed by atoms with van der Waals surface area (Å²) in [6.07, 6.45) is 0. The molecule has 8 heteroatoms. The van der Waals surface area contributed by atoms with Crippen LogP contribution in [0.15, 0.2) is 0 Å². The highest BCUT2D eigenvalue weighted by Gasteiger charge is 2.30. The Balaban J connectivity index is 3.36. The van der Waals surface area contributed by atoms with E-state index >= 15 is 0 Å². The molecule has 0 aliphatic heterocycles. The molecular formula is C7H10N4O3S. The van der Waals surface area contributed by atoms with E-state index in [9.17, 15) is 14.8 Å². The summed E-state index contributed by atoms with van der Waals surface area (Å²) in [5.41, 5.74) is 4.83. The van der Waals surface area contributed by atoms with Crippen molar-refractivity contribution in [3.05, 3.63) is 15.9 Å². The minimum atomic E-state index is -0.860. The van der Waals surface area contributed by atoms with Gasteiger partial charge in [-0.2, -0.15) is 0 Å². The highest BCUT2D eigenvalue weighted by Crippen LogP contribution is 2.21. The Morgan fingerprint density at radius 3 is 2.47 bits per heavy atom. The number of nitrogens with two attached hydrogens (primary N) is 1. The van der Waals surface area contributed by atoms with Gasteiger partial charge in [-0.1, -0.05) is 0 Å². The molecule has 0 saturated carbocycles. The number of aromatic nitrogens is 1. The number of hydrogen-bond acceptors (Lipinski definition) is 5. The normalized spacial score (nSPS) is 9.73. The first-order valence-electron chi connectivity index (χ1n) is 3.98. The van der Waals surface area contributed by atoms with Crippen molar-refractivity contribution in [3.8, 4) is 0 Å². The molecule has 0 aliphatic carbocycles. The zero-order chi connectivity index (χ0) is 11.6. The Hall–Kier alpha value is -1.83. The van der Waals surface area contributed by atoms with Crippen LogP contribution in [-0.2, 0) is 0 Å². The molecule has 0 spiro atoms. The van der Waals surface area contributed by atoms with Gasteiger partial charge in [-0.3, -0.25) is 9.59 Å². The molecule has 0 bridgehead atoms. The molecule has 0 fully saturated rings. The van der Waals surface area contributed by atoms with Crippen molar-refractivity contribution in [2.75, 3.05) is 19.4 Å². The fraction of sp³-hybridized carbons (Fsp3) is 0.286. The van der Waals surface area contributed by atoms with Gasteiger partial charge in [0.15, 0.2) is 5.00 Å². The molecule has 1 heterocycles. The standard InChI is InChI=1S/C7H10N4O3S/c1-9-5(13)3-6(10-2)15-7(4(8)12)11(3)14/h10H,1-2H3,(H2,8,12)(H,9,13). The van der Waals surface area contributed by atoms with E-state index in [0.29, 0.717) is 5.00 Å². The lowest BCUT2D eigenvalue weighted by atomic mass is 10.4. The summed E-state index contributed by atoms with van der Waals surface area (Å²) in [5, 5.41) is 16.6. The molecule has 1 aromatic heterocycles. The van der Waals surface area contributed by atoms with Crippen LogP contribution in [0, 0.1) is 5.21 Å². The van der Waals surface area contributed by atoms with Gasteiger partial charge < -0.3 is 21.6 Å². The second-order valence-corrected chi connectivity index (χ2v) is 3.57. The third kappa shape index (κ3) is 1.84.